The Kier molecular flexibility index (Phi) is 26.9. The van der Waals surface area contributed by atoms with E-state index < -0.39 is 5.97 Å². The van der Waals surface area contributed by atoms with Crippen molar-refractivity contribution in [2.45, 2.75) is 44.6 Å². The van der Waals surface area contributed by atoms with Crippen LogP contribution in [0.1, 0.15) is 38.5 Å². The molecule has 0 aromatic heterocycles. The zero-order valence-corrected chi connectivity index (χ0v) is 24.4. The Hall–Kier alpha value is -1.84. The average Bonchev–Trinajstić information content (AvgIpc) is 2.94. The van der Waals surface area contributed by atoms with E-state index in [0.717, 1.165) is 32.1 Å². The molecule has 0 bridgehead atoms. The van der Waals surface area contributed by atoms with Crippen LogP contribution in [0.2, 0.25) is 0 Å². The minimum Gasteiger partial charge on any atom is -0.481 e. The van der Waals surface area contributed by atoms with Crippen LogP contribution in [0.25, 0.3) is 0 Å². The smallest absolute Gasteiger partial charge is 0.407 e. The van der Waals surface area contributed by atoms with Gasteiger partial charge < -0.3 is 53.1 Å². The van der Waals surface area contributed by atoms with E-state index in [1.54, 1.807) is 0 Å². The van der Waals surface area contributed by atoms with Gasteiger partial charge in [0.05, 0.1) is 112 Å². The molecule has 0 radical (unpaired) electrons. The van der Waals surface area contributed by atoms with Crippen LogP contribution >= 0.6 is 0 Å². The third kappa shape index (κ3) is 28.1. The molecular formula is C28H51NO12. The molecule has 13 heteroatoms. The average molecular weight is 594 g/mol. The number of carboxylic acid groups (broad SMARTS) is 1. The van der Waals surface area contributed by atoms with Gasteiger partial charge in [-0.15, -0.1) is 0 Å². The van der Waals surface area contributed by atoms with Crippen LogP contribution in [0.15, 0.2) is 12.2 Å². The van der Waals surface area contributed by atoms with Crippen LogP contribution in [0.4, 0.5) is 4.79 Å². The Morgan fingerprint density at radius 2 is 1.00 bits per heavy atom. The summed E-state index contributed by atoms with van der Waals surface area (Å²) in [7, 11) is 0. The largest absolute Gasteiger partial charge is 0.481 e. The second-order valence-electron chi connectivity index (χ2n) is 8.98. The summed E-state index contributed by atoms with van der Waals surface area (Å²) in [6.45, 7) is 7.38. The summed E-state index contributed by atoms with van der Waals surface area (Å²) < 4.78 is 48.5. The first kappa shape index (κ1) is 37.2. The van der Waals surface area contributed by atoms with Crippen LogP contribution in [0, 0.1) is 0 Å². The number of hydrogen-bond donors (Lipinski definition) is 2. The zero-order valence-electron chi connectivity index (χ0n) is 24.4. The monoisotopic (exact) mass is 593 g/mol. The molecule has 0 aliphatic heterocycles. The van der Waals surface area contributed by atoms with Crippen molar-refractivity contribution in [3.63, 3.8) is 0 Å². The molecule has 41 heavy (non-hydrogen) atoms. The molecule has 1 aliphatic rings. The molecule has 1 amide bonds. The van der Waals surface area contributed by atoms with Crippen LogP contribution in [-0.2, 0) is 47.4 Å². The van der Waals surface area contributed by atoms with Crippen LogP contribution in [0.3, 0.4) is 0 Å². The molecule has 1 rings (SSSR count). The van der Waals surface area contributed by atoms with Crippen molar-refractivity contribution < 1.29 is 57.3 Å². The SMILES string of the molecule is O=C(O)CCOCCOCCOCCOCCOCCOCCOCCOCCNC(=O)OC1CC/C=C\CCC1. The number of nitrogens with one attached hydrogen (secondary N) is 1. The van der Waals surface area contributed by atoms with Gasteiger partial charge in [0.15, 0.2) is 0 Å². The molecule has 13 nitrogen and oxygen atoms in total. The fraction of sp³-hybridized carbons (Fsp3) is 0.857. The van der Waals surface area contributed by atoms with Crippen molar-refractivity contribution in [1.29, 1.82) is 0 Å². The van der Waals surface area contributed by atoms with Crippen LogP contribution in [0.5, 0.6) is 0 Å². The second-order valence-corrected chi connectivity index (χ2v) is 8.98. The number of hydrogen-bond acceptors (Lipinski definition) is 11. The third-order valence-electron chi connectivity index (χ3n) is 5.57. The zero-order chi connectivity index (χ0) is 29.5. The summed E-state index contributed by atoms with van der Waals surface area (Å²) >= 11 is 0. The first-order chi connectivity index (χ1) is 20.2. The Morgan fingerprint density at radius 1 is 0.585 bits per heavy atom. The van der Waals surface area contributed by atoms with E-state index in [9.17, 15) is 9.59 Å². The van der Waals surface area contributed by atoms with Gasteiger partial charge in [-0.25, -0.2) is 4.79 Å². The van der Waals surface area contributed by atoms with Gasteiger partial charge in [-0.05, 0) is 32.1 Å². The Bertz CT molecular complexity index is 637. The molecule has 0 heterocycles. The summed E-state index contributed by atoms with van der Waals surface area (Å²) in [5.41, 5.74) is 0. The quantitative estimate of drug-likeness (QED) is 0.101. The van der Waals surface area contributed by atoms with Gasteiger partial charge in [-0.2, -0.15) is 0 Å². The molecule has 2 N–H and O–H groups in total. The molecule has 1 unspecified atom stereocenters. The molecule has 0 saturated heterocycles. The Labute approximate surface area is 244 Å². The van der Waals surface area contributed by atoms with Gasteiger partial charge in [-0.1, -0.05) is 12.2 Å². The van der Waals surface area contributed by atoms with E-state index in [1.807, 2.05) is 0 Å². The molecule has 0 aromatic rings. The maximum absolute atomic E-state index is 11.9. The number of allylic oxidation sites excluding steroid dienone is 2. The maximum atomic E-state index is 11.9. The lowest BCUT2D eigenvalue weighted by atomic mass is 10.0. The lowest BCUT2D eigenvalue weighted by Gasteiger charge is -2.18. The number of carbonyl (C=O) groups excluding carboxylic acids is 1. The third-order valence-corrected chi connectivity index (χ3v) is 5.57. The summed E-state index contributed by atoms with van der Waals surface area (Å²) in [5.74, 6) is -0.875. The minimum atomic E-state index is -0.875. The normalized spacial score (nSPS) is 16.1. The topological polar surface area (TPSA) is 149 Å². The number of ether oxygens (including phenoxy) is 9. The van der Waals surface area contributed by atoms with Crippen molar-refractivity contribution >= 4 is 12.1 Å². The number of rotatable bonds is 28. The second kappa shape index (κ2) is 29.6. The Morgan fingerprint density at radius 3 is 1.46 bits per heavy atom. The number of carbonyl (C=O) groups is 2. The predicted octanol–water partition coefficient (Wildman–Crippen LogP) is 2.21. The highest BCUT2D eigenvalue weighted by molar-refractivity contribution is 5.67. The molecular weight excluding hydrogens is 542 g/mol. The molecule has 240 valence electrons. The first-order valence-corrected chi connectivity index (χ1v) is 14.6. The van der Waals surface area contributed by atoms with E-state index in [-0.39, 0.29) is 25.2 Å². The van der Waals surface area contributed by atoms with E-state index in [2.05, 4.69) is 17.5 Å². The van der Waals surface area contributed by atoms with E-state index in [0.29, 0.717) is 106 Å². The van der Waals surface area contributed by atoms with Gasteiger partial charge >= 0.3 is 12.1 Å². The minimum absolute atomic E-state index is 0.00341. The molecule has 0 fully saturated rings. The summed E-state index contributed by atoms with van der Waals surface area (Å²) in [4.78, 5) is 22.2. The molecule has 0 spiro atoms. The highest BCUT2D eigenvalue weighted by Crippen LogP contribution is 2.15. The maximum Gasteiger partial charge on any atom is 0.407 e. The van der Waals surface area contributed by atoms with Crippen molar-refractivity contribution in [3.8, 4) is 0 Å². The fourth-order valence-electron chi connectivity index (χ4n) is 3.46. The number of alkyl carbamates (subject to hydrolysis) is 1. The number of carboxylic acids is 1. The van der Waals surface area contributed by atoms with Crippen molar-refractivity contribution in [2.24, 2.45) is 0 Å². The number of amides is 1. The van der Waals surface area contributed by atoms with E-state index in [1.165, 1.54) is 0 Å². The lowest BCUT2D eigenvalue weighted by molar-refractivity contribution is -0.138. The highest BCUT2D eigenvalue weighted by atomic mass is 16.6. The van der Waals surface area contributed by atoms with Gasteiger partial charge in [0, 0.05) is 6.54 Å². The summed E-state index contributed by atoms with van der Waals surface area (Å²) in [6, 6.07) is 0. The van der Waals surface area contributed by atoms with Gasteiger partial charge in [-0.3, -0.25) is 4.79 Å². The molecule has 0 saturated carbocycles. The van der Waals surface area contributed by atoms with Crippen molar-refractivity contribution in [3.05, 3.63) is 12.2 Å². The molecule has 0 aromatic carbocycles. The predicted molar refractivity (Wildman–Crippen MR) is 149 cm³/mol. The number of aliphatic carboxylic acids is 1. The van der Waals surface area contributed by atoms with Crippen molar-refractivity contribution in [1.82, 2.24) is 5.32 Å². The lowest BCUT2D eigenvalue weighted by Crippen LogP contribution is -2.31. The standard InChI is InChI=1S/C28H51NO12/c30-27(31)8-10-33-12-14-35-16-18-37-20-22-39-24-25-40-23-21-38-19-17-36-15-13-34-11-9-29-28(32)41-26-6-4-2-1-3-5-7-26/h1-2,26H,3-25H2,(H,29,32)(H,30,31)/b2-1-. The van der Waals surface area contributed by atoms with Gasteiger partial charge in [0.1, 0.15) is 6.10 Å². The summed E-state index contributed by atoms with van der Waals surface area (Å²) in [6.07, 6.45) is 8.78. The fourth-order valence-corrected chi connectivity index (χ4v) is 3.46. The van der Waals surface area contributed by atoms with E-state index in [4.69, 9.17) is 47.7 Å². The van der Waals surface area contributed by atoms with Gasteiger partial charge in [0.25, 0.3) is 0 Å². The van der Waals surface area contributed by atoms with E-state index >= 15 is 0 Å². The molecule has 1 aliphatic carbocycles. The van der Waals surface area contributed by atoms with Crippen LogP contribution < -0.4 is 5.32 Å². The Balaban J connectivity index is 1.68. The molecule has 1 atom stereocenters. The van der Waals surface area contributed by atoms with Gasteiger partial charge in [0.2, 0.25) is 0 Å². The summed E-state index contributed by atoms with van der Waals surface area (Å²) in [5, 5.41) is 11.2. The first-order valence-electron chi connectivity index (χ1n) is 14.6. The van der Waals surface area contributed by atoms with Crippen LogP contribution in [-0.4, -0.2) is 136 Å². The van der Waals surface area contributed by atoms with Crippen molar-refractivity contribution in [2.75, 3.05) is 112 Å². The highest BCUT2D eigenvalue weighted by Gasteiger charge is 2.14.